The molecule has 0 unspecified atom stereocenters. The van der Waals surface area contributed by atoms with Gasteiger partial charge in [-0.3, -0.25) is 4.57 Å². The Hall–Kier alpha value is -10.4. The summed E-state index contributed by atoms with van der Waals surface area (Å²) in [6.07, 6.45) is 0. The third kappa shape index (κ3) is 5.65. The van der Waals surface area contributed by atoms with E-state index >= 15 is 0 Å². The predicted octanol–water partition coefficient (Wildman–Crippen LogP) is 17.0. The van der Waals surface area contributed by atoms with Crippen molar-refractivity contribution in [2.24, 2.45) is 0 Å². The number of hydrogen-bond donors (Lipinski definition) is 0. The molecule has 5 heterocycles. The largest absolute Gasteiger partial charge is 0.306 e. The lowest BCUT2D eigenvalue weighted by Gasteiger charge is -2.29. The molecule has 7 heteroatoms. The van der Waals surface area contributed by atoms with Gasteiger partial charge in [-0.1, -0.05) is 176 Å². The average molecular weight is 956 g/mol. The highest BCUT2D eigenvalue weighted by molar-refractivity contribution is 6.17. The van der Waals surface area contributed by atoms with E-state index in [1.165, 1.54) is 0 Å². The normalized spacial score (nSPS) is 12.0. The molecule has 0 atom stereocenters. The molecule has 75 heavy (non-hydrogen) atoms. The first-order chi connectivity index (χ1) is 37.3. The van der Waals surface area contributed by atoms with Crippen molar-refractivity contribution in [1.82, 2.24) is 27.8 Å². The van der Waals surface area contributed by atoms with Crippen molar-refractivity contribution < 1.29 is 0 Å². The van der Waals surface area contributed by atoms with Gasteiger partial charge in [0.25, 0.3) is 0 Å². The number of hydrogen-bond acceptors (Lipinski definition) is 2. The minimum absolute atomic E-state index is 0.507. The van der Waals surface area contributed by atoms with Crippen LogP contribution >= 0.6 is 0 Å². The van der Waals surface area contributed by atoms with Gasteiger partial charge in [-0.15, -0.1) is 0 Å². The number of fused-ring (bicyclic) bond motifs is 13. The topological polar surface area (TPSA) is 61.3 Å². The van der Waals surface area contributed by atoms with E-state index in [0.29, 0.717) is 5.56 Å². The third-order valence-electron chi connectivity index (χ3n) is 15.5. The van der Waals surface area contributed by atoms with Crippen molar-refractivity contribution in [3.63, 3.8) is 0 Å². The van der Waals surface area contributed by atoms with Crippen LogP contribution in [0.5, 0.6) is 0 Å². The molecule has 0 aliphatic heterocycles. The van der Waals surface area contributed by atoms with Gasteiger partial charge < -0.3 is 18.3 Å². The first-order valence-electron chi connectivity index (χ1n) is 25.4. The SMILES string of the molecule is N#Cc1c(-n2c3ccccc3c3ccccc32)c(-n2c3ccccc3c3ccccc32)c(-c2nc3ccccc3n2-c2ccccc2)c(-n2c3ccccc3c3ccccc32)c1-n1c2ccccc2c2ccccc21. The molecule has 0 spiro atoms. The monoisotopic (exact) mass is 955 g/mol. The van der Waals surface area contributed by atoms with Crippen molar-refractivity contribution >= 4 is 98.3 Å². The number of aromatic nitrogens is 6. The lowest BCUT2D eigenvalue weighted by Crippen LogP contribution is -2.17. The van der Waals surface area contributed by atoms with Crippen LogP contribution in [-0.2, 0) is 0 Å². The summed E-state index contributed by atoms with van der Waals surface area (Å²) in [5.74, 6) is 0.727. The summed E-state index contributed by atoms with van der Waals surface area (Å²) in [5.41, 5.74) is 15.2. The number of nitrogens with zero attached hydrogens (tertiary/aromatic N) is 7. The van der Waals surface area contributed by atoms with E-state index in [9.17, 15) is 5.26 Å². The first kappa shape index (κ1) is 41.2. The Balaban J connectivity index is 1.30. The van der Waals surface area contributed by atoms with Crippen LogP contribution in [0, 0.1) is 11.3 Å². The molecule has 0 aliphatic rings. The molecule has 348 valence electrons. The minimum Gasteiger partial charge on any atom is -0.306 e. The fourth-order valence-electron chi connectivity index (χ4n) is 12.6. The summed E-state index contributed by atoms with van der Waals surface area (Å²) in [7, 11) is 0. The minimum atomic E-state index is 0.507. The zero-order chi connectivity index (χ0) is 49.3. The van der Waals surface area contributed by atoms with Crippen molar-refractivity contribution in [2.45, 2.75) is 0 Å². The van der Waals surface area contributed by atoms with Crippen LogP contribution < -0.4 is 0 Å². The van der Waals surface area contributed by atoms with Crippen LogP contribution in [0.25, 0.3) is 138 Å². The van der Waals surface area contributed by atoms with Crippen molar-refractivity contribution in [3.05, 3.63) is 254 Å². The molecule has 0 saturated heterocycles. The van der Waals surface area contributed by atoms with Crippen LogP contribution in [0.15, 0.2) is 249 Å². The molecule has 11 aromatic carbocycles. The zero-order valence-corrected chi connectivity index (χ0v) is 40.3. The summed E-state index contributed by atoms with van der Waals surface area (Å²) in [6.45, 7) is 0. The van der Waals surface area contributed by atoms with Crippen LogP contribution in [0.2, 0.25) is 0 Å². The molecule has 16 aromatic rings. The molecule has 0 fully saturated rings. The maximum atomic E-state index is 12.9. The Kier molecular flexibility index (Phi) is 8.68. The van der Waals surface area contributed by atoms with Crippen LogP contribution in [-0.4, -0.2) is 27.8 Å². The fourth-order valence-corrected chi connectivity index (χ4v) is 12.6. The van der Waals surface area contributed by atoms with Gasteiger partial charge in [0.15, 0.2) is 0 Å². The molecule has 7 nitrogen and oxygen atoms in total. The highest BCUT2D eigenvalue weighted by atomic mass is 15.2. The van der Waals surface area contributed by atoms with Crippen LogP contribution in [0.4, 0.5) is 0 Å². The summed E-state index contributed by atoms with van der Waals surface area (Å²) in [6, 6.07) is 91.4. The summed E-state index contributed by atoms with van der Waals surface area (Å²) < 4.78 is 11.9. The Morgan fingerprint density at radius 3 is 0.853 bits per heavy atom. The Bertz CT molecular complexity index is 4620. The standard InChI is InChI=1S/C68H41N7/c69-42-52-64(72-54-33-13-4-24-44(54)45-25-5-14-34-55(45)72)66(74-58-37-17-8-28-48(58)49-29-9-18-38-59(49)74)63(68-70-53-32-12-21-41-62(53)71(68)43-22-2-1-3-23-43)67(75-60-39-19-10-30-50(60)51-31-11-20-40-61(51)75)65(52)73-56-35-15-6-26-46(56)47-27-7-16-36-57(47)73/h1-41H. The third-order valence-corrected chi connectivity index (χ3v) is 15.5. The van der Waals surface area contributed by atoms with Gasteiger partial charge in [0.2, 0.25) is 0 Å². The maximum absolute atomic E-state index is 12.9. The highest BCUT2D eigenvalue weighted by Gasteiger charge is 2.37. The molecular formula is C68H41N7. The van der Waals surface area contributed by atoms with Crippen LogP contribution in [0.1, 0.15) is 5.56 Å². The van der Waals surface area contributed by atoms with Gasteiger partial charge in [0.05, 0.1) is 83.5 Å². The molecule has 0 amide bonds. The number of imidazole rings is 1. The molecule has 0 N–H and O–H groups in total. The number of rotatable bonds is 6. The second-order valence-corrected chi connectivity index (χ2v) is 19.3. The summed E-state index contributed by atoms with van der Waals surface area (Å²) in [5, 5.41) is 21.7. The van der Waals surface area contributed by atoms with Gasteiger partial charge in [0, 0.05) is 48.8 Å². The molecule has 0 aliphatic carbocycles. The van der Waals surface area contributed by atoms with Gasteiger partial charge in [-0.2, -0.15) is 5.26 Å². The van der Waals surface area contributed by atoms with Crippen molar-refractivity contribution in [3.8, 4) is 45.9 Å². The predicted molar refractivity (Wildman–Crippen MR) is 309 cm³/mol. The average Bonchev–Trinajstić information content (AvgIpc) is 4.38. The number of benzene rings is 11. The van der Waals surface area contributed by atoms with E-state index in [4.69, 9.17) is 4.98 Å². The molecule has 5 aromatic heterocycles. The number of para-hydroxylation sites is 11. The quantitative estimate of drug-likeness (QED) is 0.167. The molecule has 0 saturated carbocycles. The lowest BCUT2D eigenvalue weighted by molar-refractivity contribution is 1.02. The van der Waals surface area contributed by atoms with Crippen molar-refractivity contribution in [2.75, 3.05) is 0 Å². The fraction of sp³-hybridized carbons (Fsp3) is 0. The van der Waals surface area contributed by atoms with Crippen molar-refractivity contribution in [1.29, 1.82) is 5.26 Å². The zero-order valence-electron chi connectivity index (χ0n) is 40.3. The van der Waals surface area contributed by atoms with E-state index in [1.807, 2.05) is 0 Å². The smallest absolute Gasteiger partial charge is 0.150 e. The number of nitriles is 1. The first-order valence-corrected chi connectivity index (χ1v) is 25.4. The maximum Gasteiger partial charge on any atom is 0.150 e. The Labute approximate surface area is 429 Å². The molecule has 0 radical (unpaired) electrons. The summed E-state index contributed by atoms with van der Waals surface area (Å²) >= 11 is 0. The van der Waals surface area contributed by atoms with Gasteiger partial charge in [0.1, 0.15) is 17.5 Å². The second kappa shape index (κ2) is 15.8. The van der Waals surface area contributed by atoms with Gasteiger partial charge in [-0.05, 0) is 72.8 Å². The Morgan fingerprint density at radius 2 is 0.533 bits per heavy atom. The molecular weight excluding hydrogens is 915 g/mol. The van der Waals surface area contributed by atoms with E-state index in [1.54, 1.807) is 0 Å². The summed E-state index contributed by atoms with van der Waals surface area (Å²) in [4.78, 5) is 5.91. The Morgan fingerprint density at radius 1 is 0.267 bits per heavy atom. The second-order valence-electron chi connectivity index (χ2n) is 19.3. The van der Waals surface area contributed by atoms with E-state index < -0.39 is 0 Å². The molecule has 16 rings (SSSR count). The van der Waals surface area contributed by atoms with Gasteiger partial charge >= 0.3 is 0 Å². The van der Waals surface area contributed by atoms with E-state index in [-0.39, 0.29) is 0 Å². The lowest BCUT2D eigenvalue weighted by atomic mass is 9.97. The highest BCUT2D eigenvalue weighted by Crippen LogP contribution is 2.52. The van der Waals surface area contributed by atoms with Gasteiger partial charge in [-0.25, -0.2) is 4.98 Å². The van der Waals surface area contributed by atoms with E-state index in [2.05, 4.69) is 278 Å². The van der Waals surface area contributed by atoms with Crippen LogP contribution in [0.3, 0.4) is 0 Å². The molecule has 0 bridgehead atoms. The van der Waals surface area contributed by atoms with E-state index in [0.717, 1.165) is 138 Å².